The number of hydrogen-bond donors (Lipinski definition) is 1. The first kappa shape index (κ1) is 24.8. The summed E-state index contributed by atoms with van der Waals surface area (Å²) in [6.45, 7) is 0.959. The number of rotatable bonds is 11. The number of imide groups is 1. The molecule has 182 valence electrons. The first-order chi connectivity index (χ1) is 17.6. The Morgan fingerprint density at radius 2 is 1.39 bits per heavy atom. The van der Waals surface area contributed by atoms with Gasteiger partial charge in [-0.05, 0) is 41.7 Å². The molecule has 2 heterocycles. The van der Waals surface area contributed by atoms with Crippen LogP contribution in [0.5, 0.6) is 0 Å². The topological polar surface area (TPSA) is 79.4 Å². The summed E-state index contributed by atoms with van der Waals surface area (Å²) in [5.41, 5.74) is 3.32. The molecule has 6 nitrogen and oxygen atoms in total. The number of pyridine rings is 1. The Bertz CT molecular complexity index is 1190. The molecule has 1 N–H and O–H groups in total. The Morgan fingerprint density at radius 3 is 1.97 bits per heavy atom. The molecule has 1 aliphatic heterocycles. The highest BCUT2D eigenvalue weighted by Gasteiger charge is 2.38. The third-order valence-electron chi connectivity index (χ3n) is 6.01. The number of benzene rings is 2. The Morgan fingerprint density at radius 1 is 0.778 bits per heavy atom. The number of nitrogens with one attached hydrogen (secondary N) is 1. The summed E-state index contributed by atoms with van der Waals surface area (Å²) in [4.78, 5) is 43.9. The number of aromatic nitrogens is 1. The molecule has 3 amide bonds. The van der Waals surface area contributed by atoms with Crippen LogP contribution in [0, 0.1) is 0 Å². The van der Waals surface area contributed by atoms with E-state index in [-0.39, 0.29) is 17.7 Å². The van der Waals surface area contributed by atoms with Crippen molar-refractivity contribution in [3.8, 4) is 0 Å². The lowest BCUT2D eigenvalue weighted by atomic mass is 9.96. The van der Waals surface area contributed by atoms with Crippen molar-refractivity contribution < 1.29 is 14.4 Å². The van der Waals surface area contributed by atoms with Gasteiger partial charge in [-0.25, -0.2) is 0 Å². The summed E-state index contributed by atoms with van der Waals surface area (Å²) in [7, 11) is 0. The van der Waals surface area contributed by atoms with Crippen molar-refractivity contribution in [2.24, 2.45) is 0 Å². The summed E-state index contributed by atoms with van der Waals surface area (Å²) < 4.78 is 0. The smallest absolute Gasteiger partial charge is 0.262 e. The van der Waals surface area contributed by atoms with Crippen LogP contribution in [-0.4, -0.2) is 40.7 Å². The molecule has 0 spiro atoms. The van der Waals surface area contributed by atoms with Crippen LogP contribution >= 0.6 is 0 Å². The van der Waals surface area contributed by atoms with E-state index in [0.717, 1.165) is 42.4 Å². The van der Waals surface area contributed by atoms with Gasteiger partial charge in [0.05, 0.1) is 11.1 Å². The Labute approximate surface area is 211 Å². The first-order valence-electron chi connectivity index (χ1n) is 12.2. The van der Waals surface area contributed by atoms with Gasteiger partial charge in [0.15, 0.2) is 0 Å². The minimum atomic E-state index is -0.238. The van der Waals surface area contributed by atoms with E-state index >= 15 is 0 Å². The van der Waals surface area contributed by atoms with Crippen molar-refractivity contribution in [1.29, 1.82) is 0 Å². The second-order valence-corrected chi connectivity index (χ2v) is 8.57. The average molecular weight is 480 g/mol. The molecule has 1 aromatic heterocycles. The maximum Gasteiger partial charge on any atom is 0.262 e. The highest BCUT2D eigenvalue weighted by Crippen LogP contribution is 2.35. The van der Waals surface area contributed by atoms with E-state index in [0.29, 0.717) is 24.2 Å². The molecule has 0 fully saturated rings. The van der Waals surface area contributed by atoms with Gasteiger partial charge in [-0.3, -0.25) is 24.3 Å². The first-order valence-corrected chi connectivity index (χ1v) is 12.2. The predicted molar refractivity (Wildman–Crippen MR) is 141 cm³/mol. The van der Waals surface area contributed by atoms with Crippen LogP contribution in [0.15, 0.2) is 91.3 Å². The Hall–Kier alpha value is -4.32. The molecular weight excluding hydrogens is 450 g/mol. The zero-order valence-electron chi connectivity index (χ0n) is 20.1. The molecule has 3 aromatic rings. The van der Waals surface area contributed by atoms with Gasteiger partial charge in [0.2, 0.25) is 5.91 Å². The summed E-state index contributed by atoms with van der Waals surface area (Å²) in [6, 6.07) is 22.5. The Balaban J connectivity index is 1.26. The van der Waals surface area contributed by atoms with Gasteiger partial charge in [0.1, 0.15) is 0 Å². The molecule has 0 unspecified atom stereocenters. The van der Waals surface area contributed by atoms with Gasteiger partial charge in [0, 0.05) is 31.6 Å². The largest absolute Gasteiger partial charge is 0.353 e. The van der Waals surface area contributed by atoms with E-state index in [9.17, 15) is 14.4 Å². The summed E-state index contributed by atoms with van der Waals surface area (Å²) >= 11 is 0. The van der Waals surface area contributed by atoms with Crippen LogP contribution in [0.2, 0.25) is 0 Å². The summed E-state index contributed by atoms with van der Waals surface area (Å²) in [6.07, 6.45) is 9.92. The van der Waals surface area contributed by atoms with Crippen LogP contribution in [0.3, 0.4) is 0 Å². The highest BCUT2D eigenvalue weighted by molar-refractivity contribution is 6.48. The fraction of sp³-hybridized carbons (Fsp3) is 0.200. The molecule has 0 radical (unpaired) electrons. The number of unbranched alkanes of at least 4 members (excludes halogenated alkanes) is 3. The SMILES string of the molecule is O=C(C=Cc1cccnc1)NCCCCCCN1C(=O)C(c2ccccc2)=C(c2ccccc2)C1=O. The van der Waals surface area contributed by atoms with E-state index in [2.05, 4.69) is 10.3 Å². The van der Waals surface area contributed by atoms with Crippen LogP contribution in [0.25, 0.3) is 17.2 Å². The molecule has 0 aliphatic carbocycles. The van der Waals surface area contributed by atoms with Crippen LogP contribution in [0.4, 0.5) is 0 Å². The summed E-state index contributed by atoms with van der Waals surface area (Å²) in [5.74, 6) is -0.615. The molecule has 4 rings (SSSR count). The van der Waals surface area contributed by atoms with Gasteiger partial charge in [-0.1, -0.05) is 79.6 Å². The number of hydrogen-bond acceptors (Lipinski definition) is 4. The number of carbonyl (C=O) groups excluding carboxylic acids is 3. The fourth-order valence-corrected chi connectivity index (χ4v) is 4.19. The lowest BCUT2D eigenvalue weighted by Crippen LogP contribution is -2.32. The van der Waals surface area contributed by atoms with Crippen molar-refractivity contribution >= 4 is 34.9 Å². The van der Waals surface area contributed by atoms with Crippen molar-refractivity contribution in [2.75, 3.05) is 13.1 Å². The minimum Gasteiger partial charge on any atom is -0.353 e. The molecule has 36 heavy (non-hydrogen) atoms. The predicted octanol–water partition coefficient (Wildman–Crippen LogP) is 4.75. The molecule has 1 aliphatic rings. The average Bonchev–Trinajstić information content (AvgIpc) is 3.17. The molecule has 0 atom stereocenters. The normalized spacial score (nSPS) is 13.6. The zero-order chi connectivity index (χ0) is 25.2. The maximum absolute atomic E-state index is 13.3. The van der Waals surface area contributed by atoms with Crippen molar-refractivity contribution in [1.82, 2.24) is 15.2 Å². The highest BCUT2D eigenvalue weighted by atomic mass is 16.2. The number of carbonyl (C=O) groups is 3. The van der Waals surface area contributed by atoms with Crippen LogP contribution in [-0.2, 0) is 14.4 Å². The number of nitrogens with zero attached hydrogens (tertiary/aromatic N) is 2. The molecule has 0 saturated carbocycles. The molecular formula is C30H29N3O3. The van der Waals surface area contributed by atoms with Crippen molar-refractivity contribution in [3.63, 3.8) is 0 Å². The molecule has 0 saturated heterocycles. The van der Waals surface area contributed by atoms with E-state index in [1.54, 1.807) is 18.5 Å². The Kier molecular flexibility index (Phi) is 8.54. The van der Waals surface area contributed by atoms with E-state index in [1.807, 2.05) is 72.8 Å². The van der Waals surface area contributed by atoms with Gasteiger partial charge in [-0.2, -0.15) is 0 Å². The van der Waals surface area contributed by atoms with Crippen LogP contribution < -0.4 is 5.32 Å². The molecule has 2 aromatic carbocycles. The van der Waals surface area contributed by atoms with Crippen molar-refractivity contribution in [3.05, 3.63) is 108 Å². The van der Waals surface area contributed by atoms with E-state index < -0.39 is 0 Å². The van der Waals surface area contributed by atoms with Gasteiger partial charge >= 0.3 is 0 Å². The van der Waals surface area contributed by atoms with E-state index in [1.165, 1.54) is 11.0 Å². The second kappa shape index (κ2) is 12.4. The van der Waals surface area contributed by atoms with Crippen molar-refractivity contribution in [2.45, 2.75) is 25.7 Å². The molecule has 6 heteroatoms. The lowest BCUT2D eigenvalue weighted by molar-refractivity contribution is -0.136. The van der Waals surface area contributed by atoms with Gasteiger partial charge in [-0.15, -0.1) is 0 Å². The van der Waals surface area contributed by atoms with Gasteiger partial charge < -0.3 is 5.32 Å². The third kappa shape index (κ3) is 6.21. The minimum absolute atomic E-state index is 0.139. The lowest BCUT2D eigenvalue weighted by Gasteiger charge is -2.15. The quantitative estimate of drug-likeness (QED) is 0.245. The number of amides is 3. The molecule has 0 bridgehead atoms. The summed E-state index contributed by atoms with van der Waals surface area (Å²) in [5, 5.41) is 2.88. The van der Waals surface area contributed by atoms with Crippen LogP contribution in [0.1, 0.15) is 42.4 Å². The van der Waals surface area contributed by atoms with E-state index in [4.69, 9.17) is 0 Å². The monoisotopic (exact) mass is 479 g/mol. The fourth-order valence-electron chi connectivity index (χ4n) is 4.19. The third-order valence-corrected chi connectivity index (χ3v) is 6.01. The maximum atomic E-state index is 13.3. The van der Waals surface area contributed by atoms with Gasteiger partial charge in [0.25, 0.3) is 11.8 Å². The second-order valence-electron chi connectivity index (χ2n) is 8.57. The standard InChI is InChI=1S/C30H29N3O3/c34-26(18-17-23-12-11-19-31-22-23)32-20-9-1-2-10-21-33-29(35)27(24-13-5-3-6-14-24)28(30(33)36)25-15-7-4-8-16-25/h3-8,11-19,22H,1-2,9-10,20-21H2,(H,32,34). The zero-order valence-corrected chi connectivity index (χ0v) is 20.1.